The lowest BCUT2D eigenvalue weighted by molar-refractivity contribution is 0.161. The molecule has 1 amide bonds. The summed E-state index contributed by atoms with van der Waals surface area (Å²) in [6.07, 6.45) is 0.411. The number of carbonyl (C=O) groups is 1. The van der Waals surface area contributed by atoms with Gasteiger partial charge in [0.1, 0.15) is 17.3 Å². The lowest BCUT2D eigenvalue weighted by atomic mass is 10.4. The first-order valence-electron chi connectivity index (χ1n) is 5.38. The summed E-state index contributed by atoms with van der Waals surface area (Å²) < 4.78 is 29.2. The van der Waals surface area contributed by atoms with Crippen LogP contribution in [0.1, 0.15) is 0 Å². The number of pyridine rings is 1. The van der Waals surface area contributed by atoms with Crippen LogP contribution in [0.4, 0.5) is 10.6 Å². The minimum atomic E-state index is -3.47. The predicted molar refractivity (Wildman–Crippen MR) is 69.1 cm³/mol. The molecule has 0 aromatic carbocycles. The normalized spacial score (nSPS) is 11.3. The van der Waals surface area contributed by atoms with E-state index < -0.39 is 16.1 Å². The van der Waals surface area contributed by atoms with E-state index in [1.54, 1.807) is 0 Å². The Labute approximate surface area is 111 Å². The average molecular weight is 288 g/mol. The number of hydrogen-bond donors (Lipinski definition) is 2. The number of nitrogens with one attached hydrogen (secondary N) is 1. The molecule has 0 bridgehead atoms. The van der Waals surface area contributed by atoms with Gasteiger partial charge in [-0.1, -0.05) is 0 Å². The molecule has 1 aromatic rings. The third-order valence-electron chi connectivity index (χ3n) is 2.17. The first kappa shape index (κ1) is 15.2. The number of carbonyl (C=O) groups excluding carboxylic acids is 1. The molecule has 0 aliphatic rings. The molecule has 1 rings (SSSR count). The molecule has 0 fully saturated rings. The summed E-state index contributed by atoms with van der Waals surface area (Å²) in [4.78, 5) is 14.4. The molecule has 0 unspecified atom stereocenters. The van der Waals surface area contributed by atoms with E-state index in [4.69, 9.17) is 5.73 Å². The van der Waals surface area contributed by atoms with E-state index >= 15 is 0 Å². The molecule has 1 aromatic heterocycles. The van der Waals surface area contributed by atoms with E-state index in [1.165, 1.54) is 32.4 Å². The van der Waals surface area contributed by atoms with Crippen molar-refractivity contribution >= 4 is 21.9 Å². The van der Waals surface area contributed by atoms with E-state index in [1.807, 2.05) is 0 Å². The van der Waals surface area contributed by atoms with Gasteiger partial charge in [-0.25, -0.2) is 22.5 Å². The highest BCUT2D eigenvalue weighted by Crippen LogP contribution is 2.13. The molecule has 19 heavy (non-hydrogen) atoms. The molecule has 1 heterocycles. The Bertz CT molecular complexity index is 527. The first-order chi connectivity index (χ1) is 8.84. The summed E-state index contributed by atoms with van der Waals surface area (Å²) in [5, 5.41) is 2.86. The maximum Gasteiger partial charge on any atom is 0.404 e. The van der Waals surface area contributed by atoms with Crippen LogP contribution in [0.3, 0.4) is 0 Å². The Morgan fingerprint density at radius 1 is 1.47 bits per heavy atom. The predicted octanol–water partition coefficient (Wildman–Crippen LogP) is -0.161. The topological polar surface area (TPSA) is 115 Å². The number of ether oxygens (including phenoxy) is 1. The lowest BCUT2D eigenvalue weighted by Gasteiger charge is -2.11. The third-order valence-corrected chi connectivity index (χ3v) is 3.97. The van der Waals surface area contributed by atoms with Crippen LogP contribution in [0.25, 0.3) is 0 Å². The van der Waals surface area contributed by atoms with Gasteiger partial charge in [0.05, 0.1) is 6.54 Å². The van der Waals surface area contributed by atoms with Gasteiger partial charge < -0.3 is 15.8 Å². The largest absolute Gasteiger partial charge is 0.448 e. The zero-order valence-corrected chi connectivity index (χ0v) is 11.5. The summed E-state index contributed by atoms with van der Waals surface area (Å²) in [6, 6.07) is 2.97. The maximum atomic E-state index is 11.8. The van der Waals surface area contributed by atoms with Gasteiger partial charge in [0.15, 0.2) is 0 Å². The summed E-state index contributed by atoms with van der Waals surface area (Å²) >= 11 is 0. The van der Waals surface area contributed by atoms with Gasteiger partial charge in [-0.3, -0.25) is 0 Å². The van der Waals surface area contributed by atoms with E-state index in [0.717, 1.165) is 4.31 Å². The Balaban J connectivity index is 2.60. The molecule has 0 spiro atoms. The Hall–Kier alpha value is -1.87. The van der Waals surface area contributed by atoms with Crippen LogP contribution in [-0.2, 0) is 14.8 Å². The number of aromatic nitrogens is 1. The Morgan fingerprint density at radius 2 is 2.16 bits per heavy atom. The highest BCUT2D eigenvalue weighted by atomic mass is 32.2. The van der Waals surface area contributed by atoms with Gasteiger partial charge in [-0.05, 0) is 12.1 Å². The SMILES string of the molecule is CN(C)S(=O)(=O)c1ccc(NCCOC(N)=O)nc1. The summed E-state index contributed by atoms with van der Waals surface area (Å²) in [6.45, 7) is 0.435. The summed E-state index contributed by atoms with van der Waals surface area (Å²) in [5.74, 6) is 0.478. The van der Waals surface area contributed by atoms with E-state index in [-0.39, 0.29) is 11.5 Å². The van der Waals surface area contributed by atoms with Gasteiger partial charge in [-0.15, -0.1) is 0 Å². The van der Waals surface area contributed by atoms with Gasteiger partial charge >= 0.3 is 6.09 Å². The van der Waals surface area contributed by atoms with Crippen LogP contribution < -0.4 is 11.1 Å². The average Bonchev–Trinajstić information content (AvgIpc) is 2.35. The van der Waals surface area contributed by atoms with Crippen molar-refractivity contribution in [3.05, 3.63) is 18.3 Å². The van der Waals surface area contributed by atoms with Crippen LogP contribution in [0, 0.1) is 0 Å². The van der Waals surface area contributed by atoms with Gasteiger partial charge in [-0.2, -0.15) is 0 Å². The van der Waals surface area contributed by atoms with Crippen LogP contribution >= 0.6 is 0 Å². The van der Waals surface area contributed by atoms with Crippen LogP contribution in [0.5, 0.6) is 0 Å². The van der Waals surface area contributed by atoms with Crippen molar-refractivity contribution in [2.75, 3.05) is 32.6 Å². The lowest BCUT2D eigenvalue weighted by Crippen LogP contribution is -2.22. The van der Waals surface area contributed by atoms with Gasteiger partial charge in [0.2, 0.25) is 10.0 Å². The number of nitrogens with zero attached hydrogens (tertiary/aromatic N) is 2. The summed E-state index contributed by atoms with van der Waals surface area (Å²) in [5.41, 5.74) is 4.79. The fourth-order valence-electron chi connectivity index (χ4n) is 1.18. The zero-order chi connectivity index (χ0) is 14.5. The Kier molecular flexibility index (Phi) is 5.07. The second kappa shape index (κ2) is 6.34. The Morgan fingerprint density at radius 3 is 2.63 bits per heavy atom. The highest BCUT2D eigenvalue weighted by Gasteiger charge is 2.17. The number of amides is 1. The molecule has 0 atom stereocenters. The number of hydrogen-bond acceptors (Lipinski definition) is 6. The van der Waals surface area contributed by atoms with Crippen LogP contribution in [0.2, 0.25) is 0 Å². The molecule has 8 nitrogen and oxygen atoms in total. The zero-order valence-electron chi connectivity index (χ0n) is 10.7. The van der Waals surface area contributed by atoms with E-state index in [2.05, 4.69) is 15.0 Å². The van der Waals surface area contributed by atoms with Crippen molar-refractivity contribution in [1.29, 1.82) is 0 Å². The second-order valence-electron chi connectivity index (χ2n) is 3.76. The summed E-state index contributed by atoms with van der Waals surface area (Å²) in [7, 11) is -0.579. The quantitative estimate of drug-likeness (QED) is 0.703. The molecule has 0 radical (unpaired) electrons. The molecule has 0 aliphatic carbocycles. The number of anilines is 1. The highest BCUT2D eigenvalue weighted by molar-refractivity contribution is 7.89. The maximum absolute atomic E-state index is 11.8. The van der Waals surface area contributed by atoms with Crippen molar-refractivity contribution in [2.45, 2.75) is 4.90 Å². The fourth-order valence-corrected chi connectivity index (χ4v) is 2.03. The van der Waals surface area contributed by atoms with Crippen molar-refractivity contribution in [3.8, 4) is 0 Å². The minimum Gasteiger partial charge on any atom is -0.448 e. The van der Waals surface area contributed by atoms with Crippen LogP contribution in [-0.4, -0.2) is 51.0 Å². The third kappa shape index (κ3) is 4.38. The molecular weight excluding hydrogens is 272 g/mol. The molecular formula is C10H16N4O4S. The van der Waals surface area contributed by atoms with Crippen molar-refractivity contribution < 1.29 is 17.9 Å². The van der Waals surface area contributed by atoms with Crippen molar-refractivity contribution in [2.24, 2.45) is 5.73 Å². The van der Waals surface area contributed by atoms with Crippen LogP contribution in [0.15, 0.2) is 23.2 Å². The monoisotopic (exact) mass is 288 g/mol. The van der Waals surface area contributed by atoms with Crippen molar-refractivity contribution in [1.82, 2.24) is 9.29 Å². The van der Waals surface area contributed by atoms with Gasteiger partial charge in [0.25, 0.3) is 0 Å². The minimum absolute atomic E-state index is 0.106. The molecule has 3 N–H and O–H groups in total. The fraction of sp³-hybridized carbons (Fsp3) is 0.400. The standard InChI is InChI=1S/C10H16N4O4S/c1-14(2)19(16,17)8-3-4-9(13-7-8)12-5-6-18-10(11)15/h3-4,7H,5-6H2,1-2H3,(H2,11,15)(H,12,13). The van der Waals surface area contributed by atoms with E-state index in [9.17, 15) is 13.2 Å². The van der Waals surface area contributed by atoms with Gasteiger partial charge in [0, 0.05) is 20.3 Å². The first-order valence-corrected chi connectivity index (χ1v) is 6.82. The smallest absolute Gasteiger partial charge is 0.404 e. The molecule has 9 heteroatoms. The molecule has 0 saturated heterocycles. The second-order valence-corrected chi connectivity index (χ2v) is 5.91. The number of rotatable bonds is 6. The number of nitrogens with two attached hydrogens (primary N) is 1. The number of sulfonamides is 1. The molecule has 106 valence electrons. The number of primary amides is 1. The van der Waals surface area contributed by atoms with E-state index in [0.29, 0.717) is 12.4 Å². The molecule has 0 aliphatic heterocycles. The molecule has 0 saturated carbocycles. The van der Waals surface area contributed by atoms with Crippen molar-refractivity contribution in [3.63, 3.8) is 0 Å².